The van der Waals surface area contributed by atoms with Crippen molar-refractivity contribution in [1.29, 1.82) is 0 Å². The number of carbonyl (C=O) groups is 2. The van der Waals surface area contributed by atoms with E-state index in [1.54, 1.807) is 29.2 Å². The Balaban J connectivity index is 1.65. The molecule has 1 fully saturated rings. The van der Waals surface area contributed by atoms with Crippen LogP contribution in [0, 0.1) is 11.6 Å². The van der Waals surface area contributed by atoms with E-state index in [1.807, 2.05) is 0 Å². The molecule has 0 radical (unpaired) electrons. The Morgan fingerprint density at radius 2 is 1.44 bits per heavy atom. The van der Waals surface area contributed by atoms with E-state index in [0.29, 0.717) is 36.8 Å². The second-order valence-corrected chi connectivity index (χ2v) is 6.10. The zero-order valence-electron chi connectivity index (χ0n) is 13.2. The van der Waals surface area contributed by atoms with Gasteiger partial charge in [0.25, 0.3) is 11.8 Å². The van der Waals surface area contributed by atoms with Gasteiger partial charge < -0.3 is 9.80 Å². The van der Waals surface area contributed by atoms with Gasteiger partial charge in [0.2, 0.25) is 0 Å². The normalized spacial score (nSPS) is 14.5. The third-order valence-corrected chi connectivity index (χ3v) is 4.45. The minimum Gasteiger partial charge on any atom is -0.335 e. The summed E-state index contributed by atoms with van der Waals surface area (Å²) in [4.78, 5) is 28.0. The van der Waals surface area contributed by atoms with Crippen molar-refractivity contribution in [3.63, 3.8) is 0 Å². The third-order valence-electron chi connectivity index (χ3n) is 4.12. The predicted octanol–water partition coefficient (Wildman–Crippen LogP) is 3.22. The highest BCUT2D eigenvalue weighted by atomic mass is 35.5. The molecule has 3 rings (SSSR count). The van der Waals surface area contributed by atoms with Crippen molar-refractivity contribution in [3.8, 4) is 0 Å². The van der Waals surface area contributed by atoms with Gasteiger partial charge in [-0.05, 0) is 30.3 Å². The minimum atomic E-state index is -1.06. The molecule has 0 unspecified atom stereocenters. The molecule has 1 aliphatic rings. The zero-order valence-corrected chi connectivity index (χ0v) is 14.0. The van der Waals surface area contributed by atoms with Gasteiger partial charge in [0.15, 0.2) is 11.6 Å². The molecule has 1 saturated heterocycles. The lowest BCUT2D eigenvalue weighted by Crippen LogP contribution is -2.50. The summed E-state index contributed by atoms with van der Waals surface area (Å²) in [6.07, 6.45) is 0. The lowest BCUT2D eigenvalue weighted by molar-refractivity contribution is 0.0535. The molecule has 2 aromatic rings. The van der Waals surface area contributed by atoms with Crippen molar-refractivity contribution in [2.45, 2.75) is 0 Å². The van der Waals surface area contributed by atoms with Crippen LogP contribution in [-0.4, -0.2) is 47.8 Å². The number of halogens is 3. The molecular weight excluding hydrogens is 350 g/mol. The van der Waals surface area contributed by atoms with Crippen LogP contribution >= 0.6 is 11.6 Å². The van der Waals surface area contributed by atoms with Crippen LogP contribution in [0.2, 0.25) is 5.02 Å². The molecule has 4 nitrogen and oxygen atoms in total. The molecule has 2 amide bonds. The number of hydrogen-bond acceptors (Lipinski definition) is 2. The highest BCUT2D eigenvalue weighted by Crippen LogP contribution is 2.19. The second-order valence-electron chi connectivity index (χ2n) is 5.69. The molecule has 25 heavy (non-hydrogen) atoms. The van der Waals surface area contributed by atoms with E-state index >= 15 is 0 Å². The maximum absolute atomic E-state index is 13.3. The van der Waals surface area contributed by atoms with Crippen LogP contribution in [0.5, 0.6) is 0 Å². The highest BCUT2D eigenvalue weighted by Gasteiger charge is 2.26. The number of carbonyl (C=O) groups excluding carboxylic acids is 2. The maximum atomic E-state index is 13.3. The van der Waals surface area contributed by atoms with Crippen LogP contribution in [0.25, 0.3) is 0 Å². The second kappa shape index (κ2) is 7.19. The van der Waals surface area contributed by atoms with Crippen LogP contribution in [0.3, 0.4) is 0 Å². The molecule has 0 saturated carbocycles. The first-order chi connectivity index (χ1) is 12.0. The number of amides is 2. The molecule has 7 heteroatoms. The van der Waals surface area contributed by atoms with Crippen LogP contribution in [-0.2, 0) is 0 Å². The van der Waals surface area contributed by atoms with Gasteiger partial charge in [-0.1, -0.05) is 23.7 Å². The Labute approximate surface area is 148 Å². The molecule has 0 bridgehead atoms. The Kier molecular flexibility index (Phi) is 4.99. The molecule has 0 aromatic heterocycles. The Hall–Kier alpha value is -2.47. The lowest BCUT2D eigenvalue weighted by atomic mass is 10.1. The first-order valence-electron chi connectivity index (χ1n) is 7.75. The third kappa shape index (κ3) is 3.64. The lowest BCUT2D eigenvalue weighted by Gasteiger charge is -2.35. The van der Waals surface area contributed by atoms with Crippen molar-refractivity contribution < 1.29 is 18.4 Å². The van der Waals surface area contributed by atoms with Crippen molar-refractivity contribution in [1.82, 2.24) is 9.80 Å². The molecule has 130 valence electrons. The number of benzene rings is 2. The largest absolute Gasteiger partial charge is 0.335 e. The zero-order chi connectivity index (χ0) is 18.0. The van der Waals surface area contributed by atoms with E-state index in [9.17, 15) is 18.4 Å². The fraction of sp³-hybridized carbons (Fsp3) is 0.222. The monoisotopic (exact) mass is 364 g/mol. The molecular formula is C18H15ClF2N2O2. The standard InChI is InChI=1S/C18H15ClF2N2O2/c19-14-4-2-1-3-13(14)18(25)23-9-7-22(8-10-23)17(24)12-5-6-15(20)16(21)11-12/h1-6,11H,7-10H2. The van der Waals surface area contributed by atoms with E-state index in [2.05, 4.69) is 0 Å². The van der Waals surface area contributed by atoms with Gasteiger partial charge >= 0.3 is 0 Å². The molecule has 0 atom stereocenters. The maximum Gasteiger partial charge on any atom is 0.255 e. The van der Waals surface area contributed by atoms with Crippen LogP contribution < -0.4 is 0 Å². The van der Waals surface area contributed by atoms with Crippen LogP contribution in [0.4, 0.5) is 8.78 Å². The summed E-state index contributed by atoms with van der Waals surface area (Å²) in [5.41, 5.74) is 0.509. The molecule has 2 aromatic carbocycles. The van der Waals surface area contributed by atoms with E-state index in [0.717, 1.165) is 12.1 Å². The van der Waals surface area contributed by atoms with Crippen molar-refractivity contribution in [2.24, 2.45) is 0 Å². The highest BCUT2D eigenvalue weighted by molar-refractivity contribution is 6.33. The molecule has 0 spiro atoms. The smallest absolute Gasteiger partial charge is 0.255 e. The van der Waals surface area contributed by atoms with Crippen molar-refractivity contribution >= 4 is 23.4 Å². The van der Waals surface area contributed by atoms with Crippen molar-refractivity contribution in [2.75, 3.05) is 26.2 Å². The quantitative estimate of drug-likeness (QED) is 0.821. The summed E-state index contributed by atoms with van der Waals surface area (Å²) in [6, 6.07) is 9.86. The minimum absolute atomic E-state index is 0.0878. The summed E-state index contributed by atoms with van der Waals surface area (Å²) in [7, 11) is 0. The summed E-state index contributed by atoms with van der Waals surface area (Å²) in [5.74, 6) is -2.63. The fourth-order valence-corrected chi connectivity index (χ4v) is 2.95. The van der Waals surface area contributed by atoms with E-state index in [1.165, 1.54) is 11.0 Å². The number of hydrogen-bond donors (Lipinski definition) is 0. The number of nitrogens with zero attached hydrogens (tertiary/aromatic N) is 2. The summed E-state index contributed by atoms with van der Waals surface area (Å²) < 4.78 is 26.3. The first kappa shape index (κ1) is 17.4. The molecule has 1 aliphatic heterocycles. The van der Waals surface area contributed by atoms with Gasteiger partial charge in [-0.3, -0.25) is 9.59 Å². The molecule has 0 aliphatic carbocycles. The van der Waals surface area contributed by atoms with Crippen LogP contribution in [0.1, 0.15) is 20.7 Å². The average molecular weight is 365 g/mol. The first-order valence-corrected chi connectivity index (χ1v) is 8.13. The topological polar surface area (TPSA) is 40.6 Å². The van der Waals surface area contributed by atoms with Gasteiger partial charge in [0, 0.05) is 31.7 Å². The average Bonchev–Trinajstić information content (AvgIpc) is 2.63. The summed E-state index contributed by atoms with van der Waals surface area (Å²) in [5, 5.41) is 0.382. The Morgan fingerprint density at radius 3 is 2.04 bits per heavy atom. The van der Waals surface area contributed by atoms with Gasteiger partial charge in [0.05, 0.1) is 10.6 Å². The van der Waals surface area contributed by atoms with Crippen LogP contribution in [0.15, 0.2) is 42.5 Å². The Morgan fingerprint density at radius 1 is 0.840 bits per heavy atom. The van der Waals surface area contributed by atoms with Gasteiger partial charge in [-0.15, -0.1) is 0 Å². The molecule has 1 heterocycles. The van der Waals surface area contributed by atoms with E-state index < -0.39 is 11.6 Å². The summed E-state index contributed by atoms with van der Waals surface area (Å²) >= 11 is 6.05. The summed E-state index contributed by atoms with van der Waals surface area (Å²) in [6.45, 7) is 1.32. The van der Waals surface area contributed by atoms with Gasteiger partial charge in [-0.2, -0.15) is 0 Å². The number of piperazine rings is 1. The molecule has 0 N–H and O–H groups in total. The van der Waals surface area contributed by atoms with E-state index in [-0.39, 0.29) is 17.4 Å². The predicted molar refractivity (Wildman–Crippen MR) is 89.6 cm³/mol. The SMILES string of the molecule is O=C(c1ccc(F)c(F)c1)N1CCN(C(=O)c2ccccc2Cl)CC1. The van der Waals surface area contributed by atoms with Gasteiger partial charge in [-0.25, -0.2) is 8.78 Å². The van der Waals surface area contributed by atoms with Crippen molar-refractivity contribution in [3.05, 3.63) is 70.2 Å². The van der Waals surface area contributed by atoms with Gasteiger partial charge in [0.1, 0.15) is 0 Å². The Bertz CT molecular complexity index is 820. The fourth-order valence-electron chi connectivity index (χ4n) is 2.73. The number of rotatable bonds is 2. The van der Waals surface area contributed by atoms with E-state index in [4.69, 9.17) is 11.6 Å².